The highest BCUT2D eigenvalue weighted by Gasteiger charge is 2.27. The van der Waals surface area contributed by atoms with Crippen LogP contribution < -0.4 is 10.2 Å². The Kier molecular flexibility index (Phi) is 6.31. The van der Waals surface area contributed by atoms with Crippen molar-refractivity contribution >= 4 is 11.7 Å². The minimum absolute atomic E-state index is 0.00401. The number of carbonyl (C=O) groups excluding carboxylic acids is 1. The quantitative estimate of drug-likeness (QED) is 0.648. The second kappa shape index (κ2) is 9.29. The van der Waals surface area contributed by atoms with Gasteiger partial charge in [0.2, 0.25) is 5.91 Å². The van der Waals surface area contributed by atoms with Crippen molar-refractivity contribution < 1.29 is 4.79 Å². The molecule has 1 fully saturated rings. The Morgan fingerprint density at radius 1 is 1.03 bits per heavy atom. The maximum atomic E-state index is 13.0. The Hall–Kier alpha value is -3.21. The average molecular weight is 415 g/mol. The Morgan fingerprint density at radius 2 is 1.71 bits per heavy atom. The van der Waals surface area contributed by atoms with Crippen LogP contribution >= 0.6 is 0 Å². The van der Waals surface area contributed by atoms with Crippen molar-refractivity contribution in [2.45, 2.75) is 39.7 Å². The number of hydrogen-bond acceptors (Lipinski definition) is 4. The Labute approximate surface area is 184 Å². The normalized spacial score (nSPS) is 17.3. The molecule has 0 saturated carbocycles. The Bertz CT molecular complexity index is 1030. The number of hydrogen-bond donors (Lipinski definition) is 1. The summed E-state index contributed by atoms with van der Waals surface area (Å²) >= 11 is 0. The molecular formula is C26H30N4O. The SMILES string of the molecule is Cc1ccc(-c2nccc(N3CCCC(C(=O)NC(C)c4ccc(C)cc4)C3)n2)cc1. The second-order valence-corrected chi connectivity index (χ2v) is 8.53. The number of nitrogens with one attached hydrogen (secondary N) is 1. The molecule has 2 atom stereocenters. The lowest BCUT2D eigenvalue weighted by atomic mass is 9.96. The van der Waals surface area contributed by atoms with Gasteiger partial charge >= 0.3 is 0 Å². The van der Waals surface area contributed by atoms with Crippen LogP contribution in [-0.2, 0) is 4.79 Å². The Morgan fingerprint density at radius 3 is 2.42 bits per heavy atom. The molecule has 1 aliphatic heterocycles. The summed E-state index contributed by atoms with van der Waals surface area (Å²) in [5, 5.41) is 3.20. The molecule has 0 spiro atoms. The minimum Gasteiger partial charge on any atom is -0.356 e. The standard InChI is InChI=1S/C26H30N4O/c1-18-6-10-21(11-7-18)20(3)28-26(31)23-5-4-16-30(17-23)24-14-15-27-25(29-24)22-12-8-19(2)9-13-22/h6-15,20,23H,4-5,16-17H2,1-3H3,(H,28,31). The molecule has 3 aromatic rings. The summed E-state index contributed by atoms with van der Waals surface area (Å²) in [6.45, 7) is 7.76. The van der Waals surface area contributed by atoms with Crippen LogP contribution in [0.3, 0.4) is 0 Å². The highest BCUT2D eigenvalue weighted by atomic mass is 16.2. The average Bonchev–Trinajstić information content (AvgIpc) is 2.80. The lowest BCUT2D eigenvalue weighted by Crippen LogP contribution is -2.44. The fourth-order valence-electron chi connectivity index (χ4n) is 4.04. The van der Waals surface area contributed by atoms with Crippen LogP contribution in [-0.4, -0.2) is 29.0 Å². The molecule has 0 bridgehead atoms. The highest BCUT2D eigenvalue weighted by molar-refractivity contribution is 5.80. The van der Waals surface area contributed by atoms with Crippen LogP contribution in [0.4, 0.5) is 5.82 Å². The summed E-state index contributed by atoms with van der Waals surface area (Å²) in [5.41, 5.74) is 4.57. The van der Waals surface area contributed by atoms with Gasteiger partial charge in [0.1, 0.15) is 5.82 Å². The molecule has 1 aliphatic rings. The van der Waals surface area contributed by atoms with E-state index in [0.29, 0.717) is 6.54 Å². The van der Waals surface area contributed by atoms with Gasteiger partial charge in [0.05, 0.1) is 12.0 Å². The predicted molar refractivity (Wildman–Crippen MR) is 125 cm³/mol. The number of anilines is 1. The van der Waals surface area contributed by atoms with Crippen molar-refractivity contribution in [1.29, 1.82) is 0 Å². The van der Waals surface area contributed by atoms with Crippen molar-refractivity contribution in [3.8, 4) is 11.4 Å². The van der Waals surface area contributed by atoms with Crippen LogP contribution in [0, 0.1) is 19.8 Å². The predicted octanol–water partition coefficient (Wildman–Crippen LogP) is 4.85. The fraction of sp³-hybridized carbons (Fsp3) is 0.346. The number of nitrogens with zero attached hydrogens (tertiary/aromatic N) is 3. The van der Waals surface area contributed by atoms with Gasteiger partial charge < -0.3 is 10.2 Å². The topological polar surface area (TPSA) is 58.1 Å². The number of benzene rings is 2. The number of amides is 1. The molecule has 2 heterocycles. The van der Waals surface area contributed by atoms with E-state index in [-0.39, 0.29) is 17.9 Å². The lowest BCUT2D eigenvalue weighted by molar-refractivity contribution is -0.125. The molecule has 1 N–H and O–H groups in total. The van der Waals surface area contributed by atoms with E-state index in [9.17, 15) is 4.79 Å². The van der Waals surface area contributed by atoms with Crippen LogP contribution in [0.1, 0.15) is 42.5 Å². The first-order valence-electron chi connectivity index (χ1n) is 11.0. The molecule has 160 valence electrons. The summed E-state index contributed by atoms with van der Waals surface area (Å²) in [7, 11) is 0. The molecule has 31 heavy (non-hydrogen) atoms. The second-order valence-electron chi connectivity index (χ2n) is 8.53. The molecule has 5 heteroatoms. The van der Waals surface area contributed by atoms with E-state index in [0.717, 1.165) is 42.2 Å². The summed E-state index contributed by atoms with van der Waals surface area (Å²) < 4.78 is 0. The monoisotopic (exact) mass is 414 g/mol. The van der Waals surface area contributed by atoms with Gasteiger partial charge in [0.25, 0.3) is 0 Å². The Balaban J connectivity index is 1.43. The number of rotatable bonds is 5. The van der Waals surface area contributed by atoms with Crippen LogP contribution in [0.2, 0.25) is 0 Å². The molecule has 1 saturated heterocycles. The number of aryl methyl sites for hydroxylation is 2. The summed E-state index contributed by atoms with van der Waals surface area (Å²) in [6.07, 6.45) is 3.68. The van der Waals surface area contributed by atoms with Crippen LogP contribution in [0.25, 0.3) is 11.4 Å². The van der Waals surface area contributed by atoms with Crippen molar-refractivity contribution in [1.82, 2.24) is 15.3 Å². The van der Waals surface area contributed by atoms with Gasteiger partial charge in [-0.25, -0.2) is 9.97 Å². The van der Waals surface area contributed by atoms with Gasteiger partial charge in [-0.3, -0.25) is 4.79 Å². The zero-order valence-corrected chi connectivity index (χ0v) is 18.5. The number of carbonyl (C=O) groups is 1. The van der Waals surface area contributed by atoms with Crippen molar-refractivity contribution in [3.05, 3.63) is 77.5 Å². The molecule has 2 unspecified atom stereocenters. The van der Waals surface area contributed by atoms with Crippen molar-refractivity contribution in [2.75, 3.05) is 18.0 Å². The van der Waals surface area contributed by atoms with Gasteiger partial charge in [-0.05, 0) is 45.2 Å². The first-order valence-corrected chi connectivity index (χ1v) is 11.0. The van der Waals surface area contributed by atoms with Gasteiger partial charge in [-0.2, -0.15) is 0 Å². The van der Waals surface area contributed by atoms with Gasteiger partial charge in [0.15, 0.2) is 5.82 Å². The molecule has 0 radical (unpaired) electrons. The fourth-order valence-corrected chi connectivity index (χ4v) is 4.04. The maximum absolute atomic E-state index is 13.0. The lowest BCUT2D eigenvalue weighted by Gasteiger charge is -2.33. The van der Waals surface area contributed by atoms with E-state index >= 15 is 0 Å². The first-order chi connectivity index (χ1) is 15.0. The molecular weight excluding hydrogens is 384 g/mol. The van der Waals surface area contributed by atoms with Gasteiger partial charge in [-0.1, -0.05) is 59.7 Å². The van der Waals surface area contributed by atoms with E-state index in [1.54, 1.807) is 6.20 Å². The highest BCUT2D eigenvalue weighted by Crippen LogP contribution is 2.25. The number of piperidine rings is 1. The third kappa shape index (κ3) is 5.10. The third-order valence-corrected chi connectivity index (χ3v) is 6.00. The minimum atomic E-state index is -0.0422. The molecule has 2 aromatic carbocycles. The van der Waals surface area contributed by atoms with Crippen LogP contribution in [0.5, 0.6) is 0 Å². The third-order valence-electron chi connectivity index (χ3n) is 6.00. The zero-order chi connectivity index (χ0) is 21.8. The van der Waals surface area contributed by atoms with E-state index < -0.39 is 0 Å². The first kappa shape index (κ1) is 21.0. The number of aromatic nitrogens is 2. The van der Waals surface area contributed by atoms with Crippen molar-refractivity contribution in [2.24, 2.45) is 5.92 Å². The molecule has 1 amide bonds. The largest absolute Gasteiger partial charge is 0.356 e. The van der Waals surface area contributed by atoms with E-state index in [4.69, 9.17) is 4.98 Å². The zero-order valence-electron chi connectivity index (χ0n) is 18.5. The van der Waals surface area contributed by atoms with E-state index in [2.05, 4.69) is 65.4 Å². The molecule has 0 aliphatic carbocycles. The summed E-state index contributed by atoms with van der Waals surface area (Å²) in [6, 6.07) is 18.5. The van der Waals surface area contributed by atoms with Gasteiger partial charge in [-0.15, -0.1) is 0 Å². The van der Waals surface area contributed by atoms with Crippen LogP contribution in [0.15, 0.2) is 60.8 Å². The van der Waals surface area contributed by atoms with E-state index in [1.807, 2.05) is 25.1 Å². The van der Waals surface area contributed by atoms with E-state index in [1.165, 1.54) is 11.1 Å². The molecule has 1 aromatic heterocycles. The van der Waals surface area contributed by atoms with Crippen molar-refractivity contribution in [3.63, 3.8) is 0 Å². The smallest absolute Gasteiger partial charge is 0.225 e. The maximum Gasteiger partial charge on any atom is 0.225 e. The molecule has 4 rings (SSSR count). The summed E-state index contributed by atoms with van der Waals surface area (Å²) in [5.74, 6) is 1.68. The summed E-state index contributed by atoms with van der Waals surface area (Å²) in [4.78, 5) is 24.4. The molecule has 5 nitrogen and oxygen atoms in total. The van der Waals surface area contributed by atoms with Gasteiger partial charge in [0, 0.05) is 24.8 Å².